The topological polar surface area (TPSA) is 171 Å². The SMILES string of the molecule is CC(C)(C)OC(=O)N1CCN(c2cc(S(=O)(=O)NNC(=O)c3ccc(O)cc3)ccc2[N+](=O)[O-])CC1. The van der Waals surface area contributed by atoms with E-state index in [1.165, 1.54) is 29.2 Å². The number of benzene rings is 2. The molecule has 1 heterocycles. The van der Waals surface area contributed by atoms with Crippen molar-refractivity contribution in [2.75, 3.05) is 31.1 Å². The number of nitrogens with zero attached hydrogens (tertiary/aromatic N) is 3. The van der Waals surface area contributed by atoms with Crippen LogP contribution in [-0.2, 0) is 14.8 Å². The van der Waals surface area contributed by atoms with Crippen molar-refractivity contribution in [1.82, 2.24) is 15.2 Å². The molecule has 1 aliphatic rings. The number of rotatable bonds is 6. The molecule has 0 spiro atoms. The van der Waals surface area contributed by atoms with Crippen LogP contribution in [0.25, 0.3) is 0 Å². The summed E-state index contributed by atoms with van der Waals surface area (Å²) in [5, 5.41) is 20.9. The molecule has 1 saturated heterocycles. The number of hydrogen-bond donors (Lipinski definition) is 3. The lowest BCUT2D eigenvalue weighted by molar-refractivity contribution is -0.384. The molecule has 0 saturated carbocycles. The number of sulfonamides is 1. The van der Waals surface area contributed by atoms with E-state index in [1.54, 1.807) is 25.7 Å². The van der Waals surface area contributed by atoms with Crippen LogP contribution in [0.15, 0.2) is 47.4 Å². The first-order valence-electron chi connectivity index (χ1n) is 10.9. The second-order valence-electron chi connectivity index (χ2n) is 8.97. The number of hydrazine groups is 1. The Morgan fingerprint density at radius 1 is 1.06 bits per heavy atom. The van der Waals surface area contributed by atoms with Gasteiger partial charge in [-0.25, -0.2) is 13.2 Å². The summed E-state index contributed by atoms with van der Waals surface area (Å²) in [6.07, 6.45) is -0.499. The zero-order valence-corrected chi connectivity index (χ0v) is 20.7. The van der Waals surface area contributed by atoms with Crippen LogP contribution < -0.4 is 15.2 Å². The second kappa shape index (κ2) is 10.4. The van der Waals surface area contributed by atoms with Crippen LogP contribution in [0.4, 0.5) is 16.2 Å². The number of piperazine rings is 1. The molecule has 2 aromatic rings. The van der Waals surface area contributed by atoms with E-state index in [0.717, 1.165) is 18.2 Å². The molecule has 0 bridgehead atoms. The van der Waals surface area contributed by atoms with Crippen LogP contribution >= 0.6 is 0 Å². The summed E-state index contributed by atoms with van der Waals surface area (Å²) in [7, 11) is -4.28. The van der Waals surface area contributed by atoms with Gasteiger partial charge < -0.3 is 19.6 Å². The van der Waals surface area contributed by atoms with Crippen molar-refractivity contribution in [2.45, 2.75) is 31.3 Å². The average molecular weight is 522 g/mol. The number of carbonyl (C=O) groups excluding carboxylic acids is 2. The zero-order chi connectivity index (χ0) is 26.7. The van der Waals surface area contributed by atoms with Crippen molar-refractivity contribution in [1.29, 1.82) is 0 Å². The zero-order valence-electron chi connectivity index (χ0n) is 19.9. The maximum absolute atomic E-state index is 12.8. The van der Waals surface area contributed by atoms with E-state index in [0.29, 0.717) is 0 Å². The number of phenols is 1. The Hall–Kier alpha value is -3.91. The minimum absolute atomic E-state index is 0.0579. The van der Waals surface area contributed by atoms with Gasteiger partial charge in [0.15, 0.2) is 0 Å². The highest BCUT2D eigenvalue weighted by Crippen LogP contribution is 2.31. The number of aromatic hydroxyl groups is 1. The first-order chi connectivity index (χ1) is 16.8. The molecule has 1 fully saturated rings. The summed E-state index contributed by atoms with van der Waals surface area (Å²) in [6.45, 7) is 6.13. The Kier molecular flexibility index (Phi) is 7.69. The van der Waals surface area contributed by atoms with E-state index in [1.807, 2.05) is 4.83 Å². The number of nitrogens with one attached hydrogen (secondary N) is 2. The largest absolute Gasteiger partial charge is 0.508 e. The van der Waals surface area contributed by atoms with Gasteiger partial charge in [-0.15, -0.1) is 4.83 Å². The lowest BCUT2D eigenvalue weighted by atomic mass is 10.2. The molecule has 0 aromatic heterocycles. The van der Waals surface area contributed by atoms with Crippen molar-refractivity contribution in [3.05, 3.63) is 58.1 Å². The Bertz CT molecular complexity index is 1250. The Balaban J connectivity index is 1.75. The normalized spacial score (nSPS) is 14.3. The molecule has 0 atom stereocenters. The summed E-state index contributed by atoms with van der Waals surface area (Å²) in [5.74, 6) is -0.823. The molecule has 0 unspecified atom stereocenters. The average Bonchev–Trinajstić information content (AvgIpc) is 2.81. The van der Waals surface area contributed by atoms with Crippen LogP contribution in [0, 0.1) is 10.1 Å². The van der Waals surface area contributed by atoms with Gasteiger partial charge in [-0.3, -0.25) is 20.3 Å². The van der Waals surface area contributed by atoms with Crippen LogP contribution in [0.2, 0.25) is 0 Å². The van der Waals surface area contributed by atoms with Crippen molar-refractivity contribution in [3.63, 3.8) is 0 Å². The Labute approximate surface area is 207 Å². The van der Waals surface area contributed by atoms with Gasteiger partial charge >= 0.3 is 6.09 Å². The number of anilines is 1. The third-order valence-electron chi connectivity index (χ3n) is 5.15. The van der Waals surface area contributed by atoms with Crippen LogP contribution in [0.5, 0.6) is 5.75 Å². The maximum atomic E-state index is 12.8. The highest BCUT2D eigenvalue weighted by molar-refractivity contribution is 7.89. The molecule has 2 amide bonds. The van der Waals surface area contributed by atoms with Crippen molar-refractivity contribution in [3.8, 4) is 5.75 Å². The summed E-state index contributed by atoms with van der Waals surface area (Å²) in [6, 6.07) is 8.44. The predicted molar refractivity (Wildman–Crippen MR) is 129 cm³/mol. The number of amides is 2. The Morgan fingerprint density at radius 3 is 2.22 bits per heavy atom. The molecule has 1 aliphatic heterocycles. The van der Waals surface area contributed by atoms with E-state index < -0.39 is 32.5 Å². The van der Waals surface area contributed by atoms with Gasteiger partial charge in [0.2, 0.25) is 0 Å². The van der Waals surface area contributed by atoms with Gasteiger partial charge in [-0.1, -0.05) is 0 Å². The molecule has 3 N–H and O–H groups in total. The first-order valence-corrected chi connectivity index (χ1v) is 12.4. The van der Waals surface area contributed by atoms with Gasteiger partial charge in [0.25, 0.3) is 21.6 Å². The van der Waals surface area contributed by atoms with Gasteiger partial charge in [-0.2, -0.15) is 0 Å². The number of ether oxygens (including phenoxy) is 1. The summed E-state index contributed by atoms with van der Waals surface area (Å²) in [4.78, 5) is 40.3. The number of phenolic OH excluding ortho intramolecular Hbond substituents is 1. The molecule has 3 rings (SSSR count). The Morgan fingerprint density at radius 2 is 1.67 bits per heavy atom. The van der Waals surface area contributed by atoms with Crippen LogP contribution in [0.3, 0.4) is 0 Å². The van der Waals surface area contributed by atoms with Crippen molar-refractivity contribution in [2.24, 2.45) is 0 Å². The summed E-state index contributed by atoms with van der Waals surface area (Å²) < 4.78 is 30.9. The molecule has 13 nitrogen and oxygen atoms in total. The molecule has 2 aromatic carbocycles. The summed E-state index contributed by atoms with van der Waals surface area (Å²) in [5.41, 5.74) is 1.27. The molecule has 36 heavy (non-hydrogen) atoms. The van der Waals surface area contributed by atoms with Crippen LogP contribution in [0.1, 0.15) is 31.1 Å². The second-order valence-corrected chi connectivity index (χ2v) is 10.7. The number of hydrogen-bond acceptors (Lipinski definition) is 9. The molecule has 14 heteroatoms. The fraction of sp³-hybridized carbons (Fsp3) is 0.364. The number of carbonyl (C=O) groups is 2. The lowest BCUT2D eigenvalue weighted by Gasteiger charge is -2.36. The van der Waals surface area contributed by atoms with Crippen molar-refractivity contribution >= 4 is 33.4 Å². The predicted octanol–water partition coefficient (Wildman–Crippen LogP) is 1.98. The van der Waals surface area contributed by atoms with Crippen molar-refractivity contribution < 1.29 is 32.8 Å². The molecule has 194 valence electrons. The fourth-order valence-electron chi connectivity index (χ4n) is 3.39. The minimum Gasteiger partial charge on any atom is -0.508 e. The van der Waals surface area contributed by atoms with Gasteiger partial charge in [-0.05, 0) is 57.2 Å². The lowest BCUT2D eigenvalue weighted by Crippen LogP contribution is -2.50. The quantitative estimate of drug-likeness (QED) is 0.380. The smallest absolute Gasteiger partial charge is 0.410 e. The highest BCUT2D eigenvalue weighted by atomic mass is 32.2. The third-order valence-corrected chi connectivity index (χ3v) is 6.40. The molecule has 0 aliphatic carbocycles. The third kappa shape index (κ3) is 6.60. The number of nitro groups is 1. The monoisotopic (exact) mass is 521 g/mol. The highest BCUT2D eigenvalue weighted by Gasteiger charge is 2.30. The standard InChI is InChI=1S/C22H27N5O8S/c1-22(2,3)35-21(30)26-12-10-25(11-13-26)19-14-17(8-9-18(19)27(31)32)36(33,34)24-23-20(29)15-4-6-16(28)7-5-15/h4-9,14,24,28H,10-13H2,1-3H3,(H,23,29). The van der Waals surface area contributed by atoms with Gasteiger partial charge in [0, 0.05) is 37.8 Å². The van der Waals surface area contributed by atoms with E-state index in [4.69, 9.17) is 4.74 Å². The van der Waals surface area contributed by atoms with E-state index in [-0.39, 0.29) is 53.8 Å². The van der Waals surface area contributed by atoms with E-state index in [2.05, 4.69) is 5.43 Å². The van der Waals surface area contributed by atoms with Gasteiger partial charge in [0.1, 0.15) is 17.0 Å². The maximum Gasteiger partial charge on any atom is 0.410 e. The molecular weight excluding hydrogens is 494 g/mol. The van der Waals surface area contributed by atoms with E-state index >= 15 is 0 Å². The molecular formula is C22H27N5O8S. The first kappa shape index (κ1) is 26.7. The minimum atomic E-state index is -4.28. The van der Waals surface area contributed by atoms with Gasteiger partial charge in [0.05, 0.1) is 9.82 Å². The van der Waals surface area contributed by atoms with Crippen LogP contribution in [-0.4, -0.2) is 67.1 Å². The number of nitro benzene ring substituents is 1. The van der Waals surface area contributed by atoms with E-state index in [9.17, 15) is 33.2 Å². The molecule has 0 radical (unpaired) electrons. The fourth-order valence-corrected chi connectivity index (χ4v) is 4.25. The summed E-state index contributed by atoms with van der Waals surface area (Å²) >= 11 is 0.